The molecule has 0 spiro atoms. The van der Waals surface area contributed by atoms with E-state index in [0.29, 0.717) is 17.3 Å². The number of halogens is 1. The fraction of sp³-hybridized carbons (Fsp3) is 0.0952. The smallest absolute Gasteiger partial charge is 0.266 e. The Kier molecular flexibility index (Phi) is 5.17. The summed E-state index contributed by atoms with van der Waals surface area (Å²) in [7, 11) is -2.19. The van der Waals surface area contributed by atoms with Crippen molar-refractivity contribution in [2.75, 3.05) is 11.9 Å². The topological polar surface area (TPSA) is 76.6 Å². The van der Waals surface area contributed by atoms with E-state index in [1.807, 2.05) is 30.3 Å². The first-order chi connectivity index (χ1) is 13.9. The van der Waals surface area contributed by atoms with E-state index in [1.165, 1.54) is 30.5 Å². The third-order valence-electron chi connectivity index (χ3n) is 4.30. The summed E-state index contributed by atoms with van der Waals surface area (Å²) in [5, 5.41) is 0.270. The van der Waals surface area contributed by atoms with Crippen LogP contribution in [0.1, 0.15) is 5.56 Å². The molecule has 0 unspecified atom stereocenters. The van der Waals surface area contributed by atoms with Gasteiger partial charge in [-0.1, -0.05) is 41.9 Å². The zero-order valence-electron chi connectivity index (χ0n) is 15.4. The lowest BCUT2D eigenvalue weighted by atomic mass is 10.2. The van der Waals surface area contributed by atoms with Gasteiger partial charge in [0.25, 0.3) is 5.89 Å². The lowest BCUT2D eigenvalue weighted by Crippen LogP contribution is -2.18. The van der Waals surface area contributed by atoms with Crippen LogP contribution in [0.4, 0.5) is 5.88 Å². The summed E-state index contributed by atoms with van der Waals surface area (Å²) >= 11 is 5.90. The molecule has 0 aliphatic rings. The number of aromatic nitrogens is 1. The van der Waals surface area contributed by atoms with Crippen LogP contribution in [0.5, 0.6) is 0 Å². The van der Waals surface area contributed by atoms with Crippen LogP contribution in [-0.4, -0.2) is 20.4 Å². The second-order valence-corrected chi connectivity index (χ2v) is 8.71. The molecule has 6 nitrogen and oxygen atoms in total. The van der Waals surface area contributed by atoms with Gasteiger partial charge < -0.3 is 13.7 Å². The van der Waals surface area contributed by atoms with Crippen LogP contribution < -0.4 is 4.90 Å². The molecule has 0 amide bonds. The zero-order valence-corrected chi connectivity index (χ0v) is 17.0. The van der Waals surface area contributed by atoms with Crippen LogP contribution in [0.2, 0.25) is 5.02 Å². The first-order valence-corrected chi connectivity index (χ1v) is 10.6. The molecule has 4 aromatic rings. The third kappa shape index (κ3) is 3.92. The molecule has 0 atom stereocenters. The maximum Gasteiger partial charge on any atom is 0.266 e. The number of hydrogen-bond acceptors (Lipinski definition) is 6. The third-order valence-corrected chi connectivity index (χ3v) is 6.22. The number of oxazole rings is 1. The molecule has 0 N–H and O–H groups in total. The van der Waals surface area contributed by atoms with Crippen LogP contribution in [0, 0.1) is 0 Å². The van der Waals surface area contributed by atoms with E-state index in [9.17, 15) is 8.42 Å². The molecule has 0 aliphatic heterocycles. The van der Waals surface area contributed by atoms with E-state index in [0.717, 1.165) is 5.56 Å². The quantitative estimate of drug-likeness (QED) is 0.427. The van der Waals surface area contributed by atoms with Gasteiger partial charge in [-0.15, -0.1) is 0 Å². The predicted octanol–water partition coefficient (Wildman–Crippen LogP) is 5.06. The molecule has 0 fully saturated rings. The summed E-state index contributed by atoms with van der Waals surface area (Å²) in [6.07, 6.45) is 1.47. The summed E-state index contributed by atoms with van der Waals surface area (Å²) in [5.41, 5.74) is 1.00. The molecule has 2 aromatic heterocycles. The summed E-state index contributed by atoms with van der Waals surface area (Å²) in [4.78, 5) is 6.05. The maximum absolute atomic E-state index is 13.3. The van der Waals surface area contributed by atoms with Crippen LogP contribution in [0.25, 0.3) is 11.7 Å². The van der Waals surface area contributed by atoms with Crippen molar-refractivity contribution >= 4 is 27.3 Å². The largest absolute Gasteiger partial charge is 0.459 e. The van der Waals surface area contributed by atoms with Crippen LogP contribution >= 0.6 is 11.6 Å². The average molecular weight is 429 g/mol. The molecule has 2 heterocycles. The highest BCUT2D eigenvalue weighted by atomic mass is 35.5. The standard InChI is InChI=1S/C21H17ClN2O4S/c1-24(14-15-6-3-2-4-7-15)21-20(23-19(28-21)18-8-5-13-27-18)29(25,26)17-11-9-16(22)10-12-17/h2-13H,14H2,1H3. The summed E-state index contributed by atoms with van der Waals surface area (Å²) in [6.45, 7) is 0.441. The second kappa shape index (κ2) is 7.77. The Morgan fingerprint density at radius 2 is 1.72 bits per heavy atom. The van der Waals surface area contributed by atoms with Gasteiger partial charge in [0.15, 0.2) is 5.76 Å². The molecule has 0 bridgehead atoms. The molecule has 2 aromatic carbocycles. The van der Waals surface area contributed by atoms with Crippen molar-refractivity contribution in [2.45, 2.75) is 16.5 Å². The SMILES string of the molecule is CN(Cc1ccccc1)c1oc(-c2ccco2)nc1S(=O)(=O)c1ccc(Cl)cc1. The van der Waals surface area contributed by atoms with E-state index in [2.05, 4.69) is 4.98 Å². The van der Waals surface area contributed by atoms with E-state index in [1.54, 1.807) is 24.1 Å². The maximum atomic E-state index is 13.3. The van der Waals surface area contributed by atoms with E-state index in [4.69, 9.17) is 20.4 Å². The van der Waals surface area contributed by atoms with Crippen molar-refractivity contribution in [1.82, 2.24) is 4.98 Å². The average Bonchev–Trinajstić information content (AvgIpc) is 3.39. The van der Waals surface area contributed by atoms with E-state index in [-0.39, 0.29) is 21.7 Å². The van der Waals surface area contributed by atoms with Gasteiger partial charge in [0.05, 0.1) is 11.2 Å². The van der Waals surface area contributed by atoms with Gasteiger partial charge in [0.2, 0.25) is 20.7 Å². The Balaban J connectivity index is 1.80. The Morgan fingerprint density at radius 1 is 1.00 bits per heavy atom. The molecule has 0 saturated carbocycles. The van der Waals surface area contributed by atoms with Crippen LogP contribution in [0.3, 0.4) is 0 Å². The molecule has 8 heteroatoms. The van der Waals surface area contributed by atoms with Crippen LogP contribution in [-0.2, 0) is 16.4 Å². The number of furan rings is 1. The van der Waals surface area contributed by atoms with Gasteiger partial charge in [-0.2, -0.15) is 4.98 Å². The van der Waals surface area contributed by atoms with Crippen LogP contribution in [0.15, 0.2) is 91.7 Å². The molecular weight excluding hydrogens is 412 g/mol. The van der Waals surface area contributed by atoms with E-state index < -0.39 is 9.84 Å². The number of anilines is 1. The summed E-state index contributed by atoms with van der Waals surface area (Å²) in [5.74, 6) is 0.574. The molecule has 0 aliphatic carbocycles. The minimum Gasteiger partial charge on any atom is -0.459 e. The van der Waals surface area contributed by atoms with E-state index >= 15 is 0 Å². The normalized spacial score (nSPS) is 11.5. The summed E-state index contributed by atoms with van der Waals surface area (Å²) < 4.78 is 37.7. The van der Waals surface area contributed by atoms with Gasteiger partial charge in [0, 0.05) is 18.6 Å². The Labute approximate surface area is 173 Å². The van der Waals surface area contributed by atoms with Crippen molar-refractivity contribution in [3.63, 3.8) is 0 Å². The van der Waals surface area contributed by atoms with Crippen molar-refractivity contribution in [1.29, 1.82) is 0 Å². The highest BCUT2D eigenvalue weighted by Gasteiger charge is 2.31. The van der Waals surface area contributed by atoms with Gasteiger partial charge in [-0.3, -0.25) is 0 Å². The molecule has 4 rings (SSSR count). The fourth-order valence-corrected chi connectivity index (χ4v) is 4.35. The van der Waals surface area contributed by atoms with Crippen molar-refractivity contribution in [3.05, 3.63) is 83.6 Å². The first-order valence-electron chi connectivity index (χ1n) is 8.75. The number of rotatable bonds is 6. The second-order valence-electron chi connectivity index (χ2n) is 6.41. The lowest BCUT2D eigenvalue weighted by molar-refractivity contribution is 0.512. The highest BCUT2D eigenvalue weighted by Crippen LogP contribution is 2.35. The van der Waals surface area contributed by atoms with Crippen molar-refractivity contribution < 1.29 is 17.3 Å². The Morgan fingerprint density at radius 3 is 2.38 bits per heavy atom. The first kappa shape index (κ1) is 19.3. The number of hydrogen-bond donors (Lipinski definition) is 0. The van der Waals surface area contributed by atoms with Crippen molar-refractivity contribution in [2.24, 2.45) is 0 Å². The van der Waals surface area contributed by atoms with Gasteiger partial charge in [-0.05, 0) is 42.0 Å². The van der Waals surface area contributed by atoms with Gasteiger partial charge in [-0.25, -0.2) is 8.42 Å². The van der Waals surface area contributed by atoms with Gasteiger partial charge in [0.1, 0.15) is 0 Å². The molecule has 148 valence electrons. The Bertz CT molecular complexity index is 1200. The predicted molar refractivity (Wildman–Crippen MR) is 110 cm³/mol. The fourth-order valence-electron chi connectivity index (χ4n) is 2.87. The monoisotopic (exact) mass is 428 g/mol. The minimum atomic E-state index is -3.94. The zero-order chi connectivity index (χ0) is 20.4. The molecule has 0 saturated heterocycles. The lowest BCUT2D eigenvalue weighted by Gasteiger charge is -2.17. The van der Waals surface area contributed by atoms with Crippen molar-refractivity contribution in [3.8, 4) is 11.7 Å². The molecular formula is C21H17ClN2O4S. The molecule has 0 radical (unpaired) electrons. The number of sulfone groups is 1. The molecule has 29 heavy (non-hydrogen) atoms. The number of benzene rings is 2. The number of nitrogens with zero attached hydrogens (tertiary/aromatic N) is 2. The summed E-state index contributed by atoms with van der Waals surface area (Å²) in [6, 6.07) is 18.9. The minimum absolute atomic E-state index is 0.0792. The Hall–Kier alpha value is -3.03. The highest BCUT2D eigenvalue weighted by molar-refractivity contribution is 7.91. The van der Waals surface area contributed by atoms with Gasteiger partial charge >= 0.3 is 0 Å².